The van der Waals surface area contributed by atoms with E-state index in [1.54, 1.807) is 38.1 Å². The van der Waals surface area contributed by atoms with Crippen LogP contribution in [0.4, 0.5) is 0 Å². The van der Waals surface area contributed by atoms with Crippen LogP contribution in [0.3, 0.4) is 0 Å². The second kappa shape index (κ2) is 18.3. The van der Waals surface area contributed by atoms with Crippen LogP contribution in [0.25, 0.3) is 0 Å². The summed E-state index contributed by atoms with van der Waals surface area (Å²) >= 11 is 0. The molecule has 6 N–H and O–H groups in total. The third-order valence-corrected chi connectivity index (χ3v) is 8.29. The molecular weight excluding hydrogens is 608 g/mol. The van der Waals surface area contributed by atoms with E-state index in [0.717, 1.165) is 31.6 Å². The highest BCUT2D eigenvalue weighted by molar-refractivity contribution is 5.96. The summed E-state index contributed by atoms with van der Waals surface area (Å²) in [7, 11) is 2.03. The molecule has 2 aliphatic rings. The van der Waals surface area contributed by atoms with Crippen LogP contribution >= 0.6 is 0 Å². The van der Waals surface area contributed by atoms with Gasteiger partial charge < -0.3 is 41.5 Å². The van der Waals surface area contributed by atoms with E-state index in [2.05, 4.69) is 31.5 Å². The molecule has 1 aromatic rings. The van der Waals surface area contributed by atoms with Crippen molar-refractivity contribution in [3.63, 3.8) is 0 Å². The number of benzene rings is 1. The Bertz CT molecular complexity index is 1250. The molecule has 6 amide bonds. The van der Waals surface area contributed by atoms with Gasteiger partial charge in [-0.05, 0) is 45.0 Å². The van der Waals surface area contributed by atoms with Gasteiger partial charge in [0.15, 0.2) is 0 Å². The van der Waals surface area contributed by atoms with Gasteiger partial charge in [-0.1, -0.05) is 44.2 Å². The lowest BCUT2D eigenvalue weighted by molar-refractivity contribution is -0.139. The molecule has 15 nitrogen and oxygen atoms in total. The molecule has 0 radical (unpaired) electrons. The minimum absolute atomic E-state index is 0.00262. The first-order valence-electron chi connectivity index (χ1n) is 16.2. The van der Waals surface area contributed by atoms with E-state index in [0.29, 0.717) is 6.54 Å². The predicted molar refractivity (Wildman–Crippen MR) is 174 cm³/mol. The van der Waals surface area contributed by atoms with Crippen LogP contribution in [0.5, 0.6) is 0 Å². The smallest absolute Gasteiger partial charge is 0.245 e. The standard InChI is InChI=1S/C32H50N8O7/c1-21(2)28-32(47)34-22(3)29(44)36-25(20-41)31(46)35-24(17-23-9-6-5-7-10-23)30(45)33-11-14-40(18-26(42)37-28)27(43)19-39-13-8-12-38(4)15-16-39/h5-7,9-10,21-22,24-25,28,41H,8,11-20H2,1-4H3,(H,33,45)(H,34,47)(H,35,46)(H,36,44)(H,37,42)/t22-,24+,25-,28+/m0/s1. The van der Waals surface area contributed by atoms with Crippen molar-refractivity contribution in [2.75, 3.05) is 66.0 Å². The summed E-state index contributed by atoms with van der Waals surface area (Å²) in [5.74, 6) is -3.93. The molecule has 2 fully saturated rings. The lowest BCUT2D eigenvalue weighted by atomic mass is 10.0. The van der Waals surface area contributed by atoms with Crippen molar-refractivity contribution in [2.24, 2.45) is 5.92 Å². The first kappa shape index (κ1) is 37.4. The fourth-order valence-corrected chi connectivity index (χ4v) is 5.40. The molecule has 3 rings (SSSR count). The van der Waals surface area contributed by atoms with Crippen LogP contribution in [0.15, 0.2) is 30.3 Å². The van der Waals surface area contributed by atoms with E-state index in [4.69, 9.17) is 0 Å². The highest BCUT2D eigenvalue weighted by atomic mass is 16.3. The van der Waals surface area contributed by atoms with Crippen molar-refractivity contribution in [3.05, 3.63) is 35.9 Å². The van der Waals surface area contributed by atoms with Crippen molar-refractivity contribution in [3.8, 4) is 0 Å². The maximum absolute atomic E-state index is 13.6. The zero-order valence-electron chi connectivity index (χ0n) is 27.8. The van der Waals surface area contributed by atoms with Gasteiger partial charge in [-0.15, -0.1) is 0 Å². The third-order valence-electron chi connectivity index (χ3n) is 8.29. The molecule has 0 bridgehead atoms. The molecule has 0 aromatic heterocycles. The highest BCUT2D eigenvalue weighted by Crippen LogP contribution is 2.07. The maximum Gasteiger partial charge on any atom is 0.245 e. The summed E-state index contributed by atoms with van der Waals surface area (Å²) in [4.78, 5) is 85.2. The quantitative estimate of drug-likeness (QED) is 0.191. The zero-order chi connectivity index (χ0) is 34.5. The van der Waals surface area contributed by atoms with Gasteiger partial charge in [0.1, 0.15) is 24.2 Å². The summed E-state index contributed by atoms with van der Waals surface area (Å²) in [5, 5.41) is 23.0. The topological polar surface area (TPSA) is 193 Å². The second-order valence-corrected chi connectivity index (χ2v) is 12.6. The highest BCUT2D eigenvalue weighted by Gasteiger charge is 2.32. The fraction of sp³-hybridized carbons (Fsp3) is 0.625. The van der Waals surface area contributed by atoms with Crippen LogP contribution in [0.1, 0.15) is 32.8 Å². The van der Waals surface area contributed by atoms with Gasteiger partial charge in [-0.2, -0.15) is 0 Å². The molecule has 0 saturated carbocycles. The number of carbonyl (C=O) groups is 6. The molecule has 15 heteroatoms. The van der Waals surface area contributed by atoms with Gasteiger partial charge in [0, 0.05) is 32.6 Å². The lowest BCUT2D eigenvalue weighted by Gasteiger charge is -2.29. The molecule has 4 atom stereocenters. The first-order valence-corrected chi connectivity index (χ1v) is 16.2. The summed E-state index contributed by atoms with van der Waals surface area (Å²) in [6.07, 6.45) is 1.01. The largest absolute Gasteiger partial charge is 0.394 e. The van der Waals surface area contributed by atoms with Gasteiger partial charge in [0.2, 0.25) is 35.4 Å². The average molecular weight is 659 g/mol. The minimum Gasteiger partial charge on any atom is -0.394 e. The number of hydrogen-bond donors (Lipinski definition) is 6. The molecule has 2 saturated heterocycles. The van der Waals surface area contributed by atoms with E-state index >= 15 is 0 Å². The average Bonchev–Trinajstić information content (AvgIpc) is 3.24. The Morgan fingerprint density at radius 1 is 0.851 bits per heavy atom. The molecule has 2 heterocycles. The molecule has 0 aliphatic carbocycles. The Labute approximate surface area is 276 Å². The van der Waals surface area contributed by atoms with Crippen molar-refractivity contribution >= 4 is 35.4 Å². The van der Waals surface area contributed by atoms with Crippen molar-refractivity contribution in [1.82, 2.24) is 41.3 Å². The van der Waals surface area contributed by atoms with Crippen LogP contribution in [0.2, 0.25) is 0 Å². The maximum atomic E-state index is 13.6. The normalized spacial score (nSPS) is 25.4. The van der Waals surface area contributed by atoms with E-state index in [1.807, 2.05) is 18.0 Å². The Kier molecular flexibility index (Phi) is 14.6. The SMILES string of the molecule is CC(C)[C@H]1NC(=O)CN(C(=O)CN2CCCN(C)CC2)CCNC(=O)[C@@H](Cc2ccccc2)NC(=O)[C@H](CO)NC(=O)[C@H](C)NC1=O. The van der Waals surface area contributed by atoms with E-state index in [-0.39, 0.29) is 44.4 Å². The van der Waals surface area contributed by atoms with E-state index in [9.17, 15) is 33.9 Å². The van der Waals surface area contributed by atoms with Gasteiger partial charge in [-0.25, -0.2) is 0 Å². The Hall–Kier alpha value is -4.08. The van der Waals surface area contributed by atoms with Gasteiger partial charge in [0.05, 0.1) is 19.7 Å². The Balaban J connectivity index is 1.87. The van der Waals surface area contributed by atoms with E-state index in [1.165, 1.54) is 11.8 Å². The number of likely N-dealkylation sites (N-methyl/N-ethyl adjacent to an activating group) is 1. The Morgan fingerprint density at radius 3 is 2.23 bits per heavy atom. The van der Waals surface area contributed by atoms with Crippen molar-refractivity contribution < 1.29 is 33.9 Å². The molecular formula is C32H50N8O7. The summed E-state index contributed by atoms with van der Waals surface area (Å²) in [6, 6.07) is 4.36. The number of amides is 6. The fourth-order valence-electron chi connectivity index (χ4n) is 5.40. The molecule has 0 spiro atoms. The number of aliphatic hydroxyl groups is 1. The van der Waals surface area contributed by atoms with Crippen LogP contribution in [0, 0.1) is 5.92 Å². The van der Waals surface area contributed by atoms with Crippen LogP contribution < -0.4 is 26.6 Å². The molecule has 47 heavy (non-hydrogen) atoms. The second-order valence-electron chi connectivity index (χ2n) is 12.6. The molecule has 260 valence electrons. The van der Waals surface area contributed by atoms with Crippen LogP contribution in [-0.2, 0) is 35.2 Å². The number of carbonyl (C=O) groups excluding carboxylic acids is 6. The van der Waals surface area contributed by atoms with Gasteiger partial charge in [-0.3, -0.25) is 33.7 Å². The minimum atomic E-state index is -1.40. The molecule has 1 aromatic carbocycles. The number of hydrogen-bond acceptors (Lipinski definition) is 9. The van der Waals surface area contributed by atoms with Crippen molar-refractivity contribution in [2.45, 2.75) is 57.8 Å². The number of rotatable bonds is 6. The first-order chi connectivity index (χ1) is 22.4. The Morgan fingerprint density at radius 2 is 1.55 bits per heavy atom. The van der Waals surface area contributed by atoms with E-state index < -0.39 is 60.3 Å². The lowest BCUT2D eigenvalue weighted by Crippen LogP contribution is -2.60. The van der Waals surface area contributed by atoms with Gasteiger partial charge in [0.25, 0.3) is 0 Å². The predicted octanol–water partition coefficient (Wildman–Crippen LogP) is -2.57. The summed E-state index contributed by atoms with van der Waals surface area (Å²) in [5.41, 5.74) is 0.757. The number of nitrogens with one attached hydrogen (secondary N) is 5. The van der Waals surface area contributed by atoms with Gasteiger partial charge >= 0.3 is 0 Å². The number of nitrogens with zero attached hydrogens (tertiary/aromatic N) is 3. The molecule has 0 unspecified atom stereocenters. The third kappa shape index (κ3) is 11.9. The number of aliphatic hydroxyl groups excluding tert-OH is 1. The molecule has 2 aliphatic heterocycles. The monoisotopic (exact) mass is 658 g/mol. The summed E-state index contributed by atoms with van der Waals surface area (Å²) in [6.45, 7) is 6.97. The van der Waals surface area contributed by atoms with Crippen molar-refractivity contribution in [1.29, 1.82) is 0 Å². The summed E-state index contributed by atoms with van der Waals surface area (Å²) < 4.78 is 0. The zero-order valence-corrected chi connectivity index (χ0v) is 27.8. The van der Waals surface area contributed by atoms with Crippen LogP contribution in [-0.4, -0.2) is 145 Å².